The Hall–Kier alpha value is -1.35. The van der Waals surface area contributed by atoms with Crippen molar-refractivity contribution in [2.45, 2.75) is 71.6 Å². The van der Waals surface area contributed by atoms with E-state index >= 15 is 0 Å². The summed E-state index contributed by atoms with van der Waals surface area (Å²) in [5, 5.41) is 9.31. The summed E-state index contributed by atoms with van der Waals surface area (Å²) in [4.78, 5) is 10.8. The molecule has 3 heteroatoms. The van der Waals surface area contributed by atoms with Gasteiger partial charge in [-0.3, -0.25) is 4.79 Å². The number of ether oxygens (including phenoxy) is 1. The molecule has 0 aliphatic rings. The molecule has 0 saturated carbocycles. The molecule has 0 unspecified atom stereocenters. The summed E-state index contributed by atoms with van der Waals surface area (Å²) in [7, 11) is 0. The Morgan fingerprint density at radius 3 is 2.12 bits per heavy atom. The predicted octanol–water partition coefficient (Wildman–Crippen LogP) is 4.65. The van der Waals surface area contributed by atoms with Crippen molar-refractivity contribution in [3.05, 3.63) is 41.3 Å². The fourth-order valence-electron chi connectivity index (χ4n) is 2.70. The predicted molar refractivity (Wildman–Crippen MR) is 98.8 cm³/mol. The molecule has 0 heterocycles. The van der Waals surface area contributed by atoms with Crippen molar-refractivity contribution in [2.24, 2.45) is 0 Å². The zero-order valence-electron chi connectivity index (χ0n) is 15.4. The number of hydrogen-bond acceptors (Lipinski definition) is 3. The Morgan fingerprint density at radius 2 is 1.54 bits per heavy atom. The van der Waals surface area contributed by atoms with Crippen LogP contribution in [0.2, 0.25) is 0 Å². The molecule has 3 nitrogen and oxygen atoms in total. The second kappa shape index (κ2) is 13.0. The van der Waals surface area contributed by atoms with Crippen molar-refractivity contribution in [1.82, 2.24) is 0 Å². The summed E-state index contributed by atoms with van der Waals surface area (Å²) < 4.78 is 4.95. The van der Waals surface area contributed by atoms with Crippen LogP contribution in [0.3, 0.4) is 0 Å². The number of esters is 1. The van der Waals surface area contributed by atoms with Gasteiger partial charge in [0.15, 0.2) is 0 Å². The Bertz CT molecular complexity index is 439. The van der Waals surface area contributed by atoms with Crippen LogP contribution in [-0.2, 0) is 22.4 Å². The van der Waals surface area contributed by atoms with Crippen molar-refractivity contribution in [3.8, 4) is 0 Å². The molecule has 0 aromatic heterocycles. The van der Waals surface area contributed by atoms with E-state index in [1.807, 2.05) is 0 Å². The Labute approximate surface area is 147 Å². The molecule has 1 aromatic rings. The van der Waals surface area contributed by atoms with Gasteiger partial charge >= 0.3 is 5.97 Å². The van der Waals surface area contributed by atoms with E-state index in [0.29, 0.717) is 0 Å². The number of carbonyl (C=O) groups is 1. The summed E-state index contributed by atoms with van der Waals surface area (Å²) in [6.45, 7) is 3.84. The number of rotatable bonds is 13. The first-order valence-electron chi connectivity index (χ1n) is 9.31. The highest BCUT2D eigenvalue weighted by molar-refractivity contribution is 5.66. The zero-order valence-corrected chi connectivity index (χ0v) is 15.4. The van der Waals surface area contributed by atoms with Gasteiger partial charge < -0.3 is 9.84 Å². The standard InChI is InChI=1S/C21H33O3/c1-3-4-5-6-7-8-9-19-10-12-20(13-11-19)14-15-21(16-22)17-24-18(2)23/h10-13,22H,3-9,14-17H2,1-2H3. The fourth-order valence-corrected chi connectivity index (χ4v) is 2.70. The maximum Gasteiger partial charge on any atom is 0.302 e. The lowest BCUT2D eigenvalue weighted by Crippen LogP contribution is -2.14. The normalized spacial score (nSPS) is 11.0. The van der Waals surface area contributed by atoms with Crippen molar-refractivity contribution >= 4 is 5.97 Å². The third-order valence-electron chi connectivity index (χ3n) is 4.31. The van der Waals surface area contributed by atoms with Gasteiger partial charge in [-0.05, 0) is 36.8 Å². The topological polar surface area (TPSA) is 46.5 Å². The first kappa shape index (κ1) is 20.7. The van der Waals surface area contributed by atoms with Crippen LogP contribution in [0.5, 0.6) is 0 Å². The second-order valence-corrected chi connectivity index (χ2v) is 6.52. The van der Waals surface area contributed by atoms with Gasteiger partial charge in [-0.15, -0.1) is 0 Å². The van der Waals surface area contributed by atoms with Crippen LogP contribution in [0, 0.1) is 5.92 Å². The van der Waals surface area contributed by atoms with E-state index in [-0.39, 0.29) is 19.2 Å². The number of aryl methyl sites for hydroxylation is 2. The molecule has 0 atom stereocenters. The fraction of sp³-hybridized carbons (Fsp3) is 0.619. The lowest BCUT2D eigenvalue weighted by molar-refractivity contribution is -0.140. The summed E-state index contributed by atoms with van der Waals surface area (Å²) in [5.74, 6) is 0.557. The third-order valence-corrected chi connectivity index (χ3v) is 4.31. The van der Waals surface area contributed by atoms with Crippen LogP contribution in [0.1, 0.15) is 69.9 Å². The van der Waals surface area contributed by atoms with Crippen molar-refractivity contribution in [2.75, 3.05) is 13.2 Å². The minimum Gasteiger partial charge on any atom is -0.465 e. The van der Waals surface area contributed by atoms with Gasteiger partial charge in [-0.1, -0.05) is 63.3 Å². The lowest BCUT2D eigenvalue weighted by Gasteiger charge is -2.13. The number of aliphatic hydroxyl groups is 1. The molecule has 24 heavy (non-hydrogen) atoms. The maximum absolute atomic E-state index is 10.8. The molecule has 0 spiro atoms. The molecule has 0 bridgehead atoms. The highest BCUT2D eigenvalue weighted by atomic mass is 16.5. The van der Waals surface area contributed by atoms with E-state index in [9.17, 15) is 9.90 Å². The molecule has 1 N–H and O–H groups in total. The number of benzene rings is 1. The molecule has 1 radical (unpaired) electrons. The van der Waals surface area contributed by atoms with E-state index in [1.165, 1.54) is 56.6 Å². The van der Waals surface area contributed by atoms with Crippen LogP contribution in [0.4, 0.5) is 0 Å². The Balaban J connectivity index is 2.24. The van der Waals surface area contributed by atoms with Crippen molar-refractivity contribution in [3.63, 3.8) is 0 Å². The lowest BCUT2D eigenvalue weighted by atomic mass is 9.98. The average Bonchev–Trinajstić information content (AvgIpc) is 2.59. The van der Waals surface area contributed by atoms with Crippen molar-refractivity contribution in [1.29, 1.82) is 0 Å². The van der Waals surface area contributed by atoms with E-state index in [2.05, 4.69) is 31.2 Å². The highest BCUT2D eigenvalue weighted by Crippen LogP contribution is 2.15. The molecule has 0 amide bonds. The second-order valence-electron chi connectivity index (χ2n) is 6.52. The molecule has 0 aliphatic carbocycles. The van der Waals surface area contributed by atoms with Gasteiger partial charge in [0, 0.05) is 12.8 Å². The molecule has 0 fully saturated rings. The first-order chi connectivity index (χ1) is 11.7. The minimum absolute atomic E-state index is 0.0244. The maximum atomic E-state index is 10.8. The first-order valence-corrected chi connectivity index (χ1v) is 9.31. The van der Waals surface area contributed by atoms with E-state index in [4.69, 9.17) is 4.74 Å². The quantitative estimate of drug-likeness (QED) is 0.422. The van der Waals surface area contributed by atoms with Crippen LogP contribution < -0.4 is 0 Å². The van der Waals surface area contributed by atoms with Gasteiger partial charge in [-0.2, -0.15) is 0 Å². The molecule has 0 aliphatic heterocycles. The van der Waals surface area contributed by atoms with Crippen LogP contribution in [0.25, 0.3) is 0 Å². The molecule has 1 rings (SSSR count). The Kier molecular flexibility index (Phi) is 11.2. The molecule has 135 valence electrons. The zero-order chi connectivity index (χ0) is 17.6. The molecular weight excluding hydrogens is 300 g/mol. The summed E-state index contributed by atoms with van der Waals surface area (Å²) in [6.07, 6.45) is 10.8. The van der Waals surface area contributed by atoms with Gasteiger partial charge in [-0.25, -0.2) is 0 Å². The Morgan fingerprint density at radius 1 is 0.958 bits per heavy atom. The van der Waals surface area contributed by atoms with Gasteiger partial charge in [0.2, 0.25) is 0 Å². The number of hydrogen-bond donors (Lipinski definition) is 1. The number of carbonyl (C=O) groups excluding carboxylic acids is 1. The SMILES string of the molecule is CCCCCCCCc1ccc(CC[C](CO)COC(C)=O)cc1. The molecular formula is C21H33O3. The van der Waals surface area contributed by atoms with E-state index in [0.717, 1.165) is 25.2 Å². The molecule has 1 aromatic carbocycles. The van der Waals surface area contributed by atoms with Gasteiger partial charge in [0.25, 0.3) is 0 Å². The largest absolute Gasteiger partial charge is 0.465 e. The van der Waals surface area contributed by atoms with E-state index in [1.54, 1.807) is 0 Å². The van der Waals surface area contributed by atoms with Crippen LogP contribution >= 0.6 is 0 Å². The van der Waals surface area contributed by atoms with Crippen LogP contribution in [0.15, 0.2) is 24.3 Å². The van der Waals surface area contributed by atoms with Gasteiger partial charge in [0.05, 0.1) is 13.2 Å². The third kappa shape index (κ3) is 9.71. The van der Waals surface area contributed by atoms with E-state index < -0.39 is 0 Å². The smallest absolute Gasteiger partial charge is 0.302 e. The van der Waals surface area contributed by atoms with Crippen LogP contribution in [-0.4, -0.2) is 24.3 Å². The summed E-state index contributed by atoms with van der Waals surface area (Å²) in [5.41, 5.74) is 2.66. The highest BCUT2D eigenvalue weighted by Gasteiger charge is 2.10. The summed E-state index contributed by atoms with van der Waals surface area (Å²) >= 11 is 0. The average molecular weight is 333 g/mol. The summed E-state index contributed by atoms with van der Waals surface area (Å²) in [6, 6.07) is 8.78. The number of unbranched alkanes of at least 4 members (excludes halogenated alkanes) is 5. The monoisotopic (exact) mass is 333 g/mol. The minimum atomic E-state index is -0.306. The van der Waals surface area contributed by atoms with Gasteiger partial charge in [0.1, 0.15) is 0 Å². The molecule has 0 saturated heterocycles. The number of aliphatic hydroxyl groups excluding tert-OH is 1. The van der Waals surface area contributed by atoms with Crippen molar-refractivity contribution < 1.29 is 14.6 Å².